The second-order valence-corrected chi connectivity index (χ2v) is 6.91. The van der Waals surface area contributed by atoms with E-state index in [0.29, 0.717) is 25.6 Å². The molecular weight excluding hydrogens is 226 g/mol. The summed E-state index contributed by atoms with van der Waals surface area (Å²) in [5, 5.41) is 0. The van der Waals surface area contributed by atoms with Gasteiger partial charge in [-0.25, -0.2) is 8.42 Å². The Morgan fingerprint density at radius 2 is 1.88 bits per heavy atom. The Labute approximate surface area is 98.0 Å². The Morgan fingerprint density at radius 3 is 2.50 bits per heavy atom. The minimum atomic E-state index is -3.04. The van der Waals surface area contributed by atoms with E-state index in [1.54, 1.807) is 4.31 Å². The summed E-state index contributed by atoms with van der Waals surface area (Å²) in [5.41, 5.74) is 0. The van der Waals surface area contributed by atoms with Crippen LogP contribution in [-0.4, -0.2) is 44.8 Å². The lowest BCUT2D eigenvalue weighted by molar-refractivity contribution is -0.0429. The molecule has 0 radical (unpaired) electrons. The van der Waals surface area contributed by atoms with Crippen molar-refractivity contribution in [2.24, 2.45) is 5.92 Å². The number of morpholine rings is 1. The standard InChI is InChI=1S/C11H21NO3S/c1-16(13,14)12-7-8-15-11(9-12)10-5-3-2-4-6-10/h10-11H,2-9H2,1H3/t11-/m0/s1. The average molecular weight is 247 g/mol. The maximum Gasteiger partial charge on any atom is 0.211 e. The summed E-state index contributed by atoms with van der Waals surface area (Å²) in [6, 6.07) is 0. The minimum Gasteiger partial charge on any atom is -0.375 e. The summed E-state index contributed by atoms with van der Waals surface area (Å²) >= 11 is 0. The molecule has 1 atom stereocenters. The monoisotopic (exact) mass is 247 g/mol. The summed E-state index contributed by atoms with van der Waals surface area (Å²) in [4.78, 5) is 0. The van der Waals surface area contributed by atoms with Gasteiger partial charge >= 0.3 is 0 Å². The molecule has 0 aromatic carbocycles. The van der Waals surface area contributed by atoms with Gasteiger partial charge < -0.3 is 4.74 Å². The lowest BCUT2D eigenvalue weighted by Crippen LogP contribution is -2.48. The maximum atomic E-state index is 11.5. The minimum absolute atomic E-state index is 0.128. The SMILES string of the molecule is CS(=O)(=O)N1CCO[C@H](C2CCCCC2)C1. The van der Waals surface area contributed by atoms with Crippen LogP contribution < -0.4 is 0 Å². The number of rotatable bonds is 2. The number of hydrogen-bond donors (Lipinski definition) is 0. The van der Waals surface area contributed by atoms with E-state index in [1.165, 1.54) is 38.4 Å². The number of ether oxygens (including phenoxy) is 1. The van der Waals surface area contributed by atoms with E-state index in [4.69, 9.17) is 4.74 Å². The molecule has 0 spiro atoms. The van der Waals surface area contributed by atoms with Crippen molar-refractivity contribution in [2.75, 3.05) is 26.0 Å². The summed E-state index contributed by atoms with van der Waals surface area (Å²) in [7, 11) is -3.04. The van der Waals surface area contributed by atoms with Crippen LogP contribution in [0.3, 0.4) is 0 Å². The van der Waals surface area contributed by atoms with Crippen LogP contribution in [0.4, 0.5) is 0 Å². The van der Waals surface area contributed by atoms with Gasteiger partial charge in [0.2, 0.25) is 10.0 Å². The molecule has 1 heterocycles. The second kappa shape index (κ2) is 5.02. The van der Waals surface area contributed by atoms with Crippen molar-refractivity contribution in [1.29, 1.82) is 0 Å². The van der Waals surface area contributed by atoms with E-state index in [1.807, 2.05) is 0 Å². The van der Waals surface area contributed by atoms with Crippen molar-refractivity contribution >= 4 is 10.0 Å². The first-order valence-corrected chi connectivity index (χ1v) is 7.99. The van der Waals surface area contributed by atoms with Crippen molar-refractivity contribution < 1.29 is 13.2 Å². The number of nitrogens with zero attached hydrogens (tertiary/aromatic N) is 1. The van der Waals surface area contributed by atoms with Gasteiger partial charge in [-0.2, -0.15) is 4.31 Å². The molecule has 2 fully saturated rings. The van der Waals surface area contributed by atoms with E-state index in [-0.39, 0.29) is 6.10 Å². The van der Waals surface area contributed by atoms with Gasteiger partial charge in [0, 0.05) is 13.1 Å². The Balaban J connectivity index is 1.95. The van der Waals surface area contributed by atoms with Crippen LogP contribution in [0, 0.1) is 5.92 Å². The first kappa shape index (κ1) is 12.3. The predicted molar refractivity (Wildman–Crippen MR) is 62.7 cm³/mol. The fourth-order valence-electron chi connectivity index (χ4n) is 2.74. The summed E-state index contributed by atoms with van der Waals surface area (Å²) < 4.78 is 30.3. The fraction of sp³-hybridized carbons (Fsp3) is 1.00. The zero-order valence-electron chi connectivity index (χ0n) is 9.89. The lowest BCUT2D eigenvalue weighted by Gasteiger charge is -2.37. The third-order valence-electron chi connectivity index (χ3n) is 3.70. The lowest BCUT2D eigenvalue weighted by atomic mass is 9.85. The smallest absolute Gasteiger partial charge is 0.211 e. The largest absolute Gasteiger partial charge is 0.375 e. The van der Waals surface area contributed by atoms with E-state index in [0.717, 1.165) is 0 Å². The highest BCUT2D eigenvalue weighted by atomic mass is 32.2. The molecule has 1 saturated heterocycles. The summed E-state index contributed by atoms with van der Waals surface area (Å²) in [5.74, 6) is 0.568. The molecule has 0 aromatic rings. The van der Waals surface area contributed by atoms with Gasteiger partial charge in [0.05, 0.1) is 19.0 Å². The van der Waals surface area contributed by atoms with Crippen molar-refractivity contribution in [3.63, 3.8) is 0 Å². The molecular formula is C11H21NO3S. The van der Waals surface area contributed by atoms with E-state index in [9.17, 15) is 8.42 Å². The second-order valence-electron chi connectivity index (χ2n) is 4.93. The van der Waals surface area contributed by atoms with Crippen LogP contribution in [0.25, 0.3) is 0 Å². The van der Waals surface area contributed by atoms with E-state index in [2.05, 4.69) is 0 Å². The van der Waals surface area contributed by atoms with Crippen LogP contribution >= 0.6 is 0 Å². The van der Waals surface area contributed by atoms with Gasteiger partial charge in [-0.15, -0.1) is 0 Å². The predicted octanol–water partition coefficient (Wildman–Crippen LogP) is 1.23. The van der Waals surface area contributed by atoms with Crippen molar-refractivity contribution in [3.05, 3.63) is 0 Å². The first-order chi connectivity index (χ1) is 7.57. The molecule has 0 N–H and O–H groups in total. The normalized spacial score (nSPS) is 30.4. The molecule has 1 aliphatic carbocycles. The molecule has 0 bridgehead atoms. The van der Waals surface area contributed by atoms with Crippen molar-refractivity contribution in [3.8, 4) is 0 Å². The highest BCUT2D eigenvalue weighted by molar-refractivity contribution is 7.88. The molecule has 5 heteroatoms. The van der Waals surface area contributed by atoms with Gasteiger partial charge in [-0.3, -0.25) is 0 Å². The van der Waals surface area contributed by atoms with Gasteiger partial charge in [0.1, 0.15) is 0 Å². The van der Waals surface area contributed by atoms with Crippen LogP contribution in [0.15, 0.2) is 0 Å². The molecule has 16 heavy (non-hydrogen) atoms. The van der Waals surface area contributed by atoms with E-state index >= 15 is 0 Å². The summed E-state index contributed by atoms with van der Waals surface area (Å²) in [6.07, 6.45) is 7.66. The van der Waals surface area contributed by atoms with Gasteiger partial charge in [0.15, 0.2) is 0 Å². The van der Waals surface area contributed by atoms with Crippen LogP contribution in [-0.2, 0) is 14.8 Å². The molecule has 1 aliphatic heterocycles. The molecule has 94 valence electrons. The third-order valence-corrected chi connectivity index (χ3v) is 4.97. The molecule has 2 rings (SSSR count). The van der Waals surface area contributed by atoms with Crippen LogP contribution in [0.1, 0.15) is 32.1 Å². The zero-order chi connectivity index (χ0) is 11.6. The number of hydrogen-bond acceptors (Lipinski definition) is 3. The van der Waals surface area contributed by atoms with Gasteiger partial charge in [-0.05, 0) is 18.8 Å². The highest BCUT2D eigenvalue weighted by Gasteiger charge is 2.32. The third kappa shape index (κ3) is 2.96. The quantitative estimate of drug-likeness (QED) is 0.737. The van der Waals surface area contributed by atoms with Crippen molar-refractivity contribution in [2.45, 2.75) is 38.2 Å². The topological polar surface area (TPSA) is 46.6 Å². The molecule has 0 amide bonds. The van der Waals surface area contributed by atoms with Gasteiger partial charge in [0.25, 0.3) is 0 Å². The van der Waals surface area contributed by atoms with E-state index < -0.39 is 10.0 Å². The highest BCUT2D eigenvalue weighted by Crippen LogP contribution is 2.29. The van der Waals surface area contributed by atoms with Crippen LogP contribution in [0.5, 0.6) is 0 Å². The van der Waals surface area contributed by atoms with Crippen LogP contribution in [0.2, 0.25) is 0 Å². The maximum absolute atomic E-state index is 11.5. The van der Waals surface area contributed by atoms with Gasteiger partial charge in [-0.1, -0.05) is 19.3 Å². The molecule has 4 nitrogen and oxygen atoms in total. The Morgan fingerprint density at radius 1 is 1.19 bits per heavy atom. The Hall–Kier alpha value is -0.130. The zero-order valence-corrected chi connectivity index (χ0v) is 10.7. The fourth-order valence-corrected chi connectivity index (χ4v) is 3.57. The first-order valence-electron chi connectivity index (χ1n) is 6.14. The Bertz CT molecular complexity index is 322. The average Bonchev–Trinajstić information content (AvgIpc) is 2.29. The molecule has 1 saturated carbocycles. The molecule has 0 aromatic heterocycles. The molecule has 2 aliphatic rings. The molecule has 0 unspecified atom stereocenters. The van der Waals surface area contributed by atoms with Crippen molar-refractivity contribution in [1.82, 2.24) is 4.31 Å². The number of sulfonamides is 1. The summed E-state index contributed by atoms with van der Waals surface area (Å²) in [6.45, 7) is 1.62. The Kier molecular flexibility index (Phi) is 3.87.